The minimum atomic E-state index is 0.170. The first-order valence-electron chi connectivity index (χ1n) is 9.28. The summed E-state index contributed by atoms with van der Waals surface area (Å²) in [5.41, 5.74) is 7.56. The SMILES string of the molecule is Cc1ccc(-c2c(C)nn3c(NC(C)c4ccccc4)cc(C)nc23)cc1. The maximum absolute atomic E-state index is 4.80. The smallest absolute Gasteiger partial charge is 0.165 e. The summed E-state index contributed by atoms with van der Waals surface area (Å²) < 4.78 is 1.93. The van der Waals surface area contributed by atoms with Crippen LogP contribution in [0.15, 0.2) is 60.7 Å². The fourth-order valence-electron chi connectivity index (χ4n) is 3.45. The molecule has 4 nitrogen and oxygen atoms in total. The summed E-state index contributed by atoms with van der Waals surface area (Å²) in [5, 5.41) is 8.39. The first-order valence-corrected chi connectivity index (χ1v) is 9.28. The van der Waals surface area contributed by atoms with Crippen molar-refractivity contribution in [2.75, 3.05) is 5.32 Å². The van der Waals surface area contributed by atoms with Gasteiger partial charge in [-0.2, -0.15) is 9.61 Å². The molecule has 0 spiro atoms. The van der Waals surface area contributed by atoms with Crippen molar-refractivity contribution in [2.45, 2.75) is 33.7 Å². The van der Waals surface area contributed by atoms with Crippen molar-refractivity contribution in [1.29, 1.82) is 0 Å². The Labute approximate surface area is 159 Å². The highest BCUT2D eigenvalue weighted by Crippen LogP contribution is 2.30. The highest BCUT2D eigenvalue weighted by atomic mass is 15.3. The van der Waals surface area contributed by atoms with Crippen molar-refractivity contribution >= 4 is 11.5 Å². The third kappa shape index (κ3) is 3.31. The van der Waals surface area contributed by atoms with E-state index < -0.39 is 0 Å². The van der Waals surface area contributed by atoms with Crippen molar-refractivity contribution < 1.29 is 0 Å². The number of nitrogens with zero attached hydrogens (tertiary/aromatic N) is 3. The summed E-state index contributed by atoms with van der Waals surface area (Å²) in [5.74, 6) is 0.954. The lowest BCUT2D eigenvalue weighted by Crippen LogP contribution is -2.11. The third-order valence-corrected chi connectivity index (χ3v) is 4.90. The van der Waals surface area contributed by atoms with Gasteiger partial charge in [0.1, 0.15) is 5.82 Å². The van der Waals surface area contributed by atoms with Gasteiger partial charge in [-0.05, 0) is 38.8 Å². The average molecular weight is 356 g/mol. The summed E-state index contributed by atoms with van der Waals surface area (Å²) >= 11 is 0. The van der Waals surface area contributed by atoms with Crippen LogP contribution in [0.2, 0.25) is 0 Å². The third-order valence-electron chi connectivity index (χ3n) is 4.90. The highest BCUT2D eigenvalue weighted by molar-refractivity contribution is 5.81. The largest absolute Gasteiger partial charge is 0.363 e. The lowest BCUT2D eigenvalue weighted by atomic mass is 10.0. The van der Waals surface area contributed by atoms with E-state index in [0.717, 1.165) is 34.0 Å². The van der Waals surface area contributed by atoms with E-state index in [-0.39, 0.29) is 6.04 Å². The molecule has 1 N–H and O–H groups in total. The van der Waals surface area contributed by atoms with Gasteiger partial charge in [-0.15, -0.1) is 0 Å². The molecule has 4 heteroatoms. The second kappa shape index (κ2) is 6.88. The van der Waals surface area contributed by atoms with Crippen LogP contribution >= 0.6 is 0 Å². The maximum Gasteiger partial charge on any atom is 0.165 e. The summed E-state index contributed by atoms with van der Waals surface area (Å²) in [7, 11) is 0. The molecule has 0 aliphatic rings. The van der Waals surface area contributed by atoms with Crippen LogP contribution in [0.1, 0.15) is 35.5 Å². The van der Waals surface area contributed by atoms with E-state index in [1.54, 1.807) is 0 Å². The lowest BCUT2D eigenvalue weighted by molar-refractivity contribution is 0.833. The minimum Gasteiger partial charge on any atom is -0.363 e. The number of rotatable bonds is 4. The van der Waals surface area contributed by atoms with Crippen molar-refractivity contribution in [3.8, 4) is 11.1 Å². The van der Waals surface area contributed by atoms with E-state index in [1.165, 1.54) is 11.1 Å². The number of nitrogens with one attached hydrogen (secondary N) is 1. The molecule has 0 aliphatic carbocycles. The Balaban J connectivity index is 1.81. The Bertz CT molecular complexity index is 1080. The number of hydrogen-bond donors (Lipinski definition) is 1. The molecule has 0 saturated heterocycles. The predicted molar refractivity (Wildman–Crippen MR) is 111 cm³/mol. The van der Waals surface area contributed by atoms with Gasteiger partial charge in [-0.3, -0.25) is 0 Å². The molecule has 2 aromatic carbocycles. The van der Waals surface area contributed by atoms with Gasteiger partial charge in [-0.1, -0.05) is 60.2 Å². The number of aromatic nitrogens is 3. The van der Waals surface area contributed by atoms with Crippen molar-refractivity contribution in [2.24, 2.45) is 0 Å². The molecule has 0 amide bonds. The standard InChI is InChI=1S/C23H24N4/c1-15-10-12-20(13-11-15)22-18(4)26-27-21(14-16(2)24-23(22)27)25-17(3)19-8-6-5-7-9-19/h5-14,17,25H,1-4H3. The number of benzene rings is 2. The Kier molecular flexibility index (Phi) is 4.40. The van der Waals surface area contributed by atoms with Crippen LogP contribution in [0.5, 0.6) is 0 Å². The molecule has 0 bridgehead atoms. The Hall–Kier alpha value is -3.14. The lowest BCUT2D eigenvalue weighted by Gasteiger charge is -2.17. The van der Waals surface area contributed by atoms with Crippen LogP contribution < -0.4 is 5.32 Å². The molecule has 2 heterocycles. The molecular weight excluding hydrogens is 332 g/mol. The summed E-state index contributed by atoms with van der Waals surface area (Å²) in [6.45, 7) is 8.33. The monoisotopic (exact) mass is 356 g/mol. The van der Waals surface area contributed by atoms with Crippen molar-refractivity contribution in [3.63, 3.8) is 0 Å². The molecule has 4 aromatic rings. The molecule has 0 saturated carbocycles. The quantitative estimate of drug-likeness (QED) is 0.525. The zero-order chi connectivity index (χ0) is 19.0. The van der Waals surface area contributed by atoms with Gasteiger partial charge in [0.05, 0.1) is 5.69 Å². The Morgan fingerprint density at radius 1 is 0.926 bits per heavy atom. The zero-order valence-corrected chi connectivity index (χ0v) is 16.2. The van der Waals surface area contributed by atoms with Crippen molar-refractivity contribution in [1.82, 2.24) is 14.6 Å². The highest BCUT2D eigenvalue weighted by Gasteiger charge is 2.17. The van der Waals surface area contributed by atoms with Gasteiger partial charge in [0.2, 0.25) is 0 Å². The molecule has 1 unspecified atom stereocenters. The average Bonchev–Trinajstić information content (AvgIpc) is 2.99. The normalized spacial score (nSPS) is 12.3. The second-order valence-corrected chi connectivity index (χ2v) is 7.12. The number of aryl methyl sites for hydroxylation is 3. The first-order chi connectivity index (χ1) is 13.0. The molecule has 0 aliphatic heterocycles. The Morgan fingerprint density at radius 2 is 1.63 bits per heavy atom. The fraction of sp³-hybridized carbons (Fsp3) is 0.217. The van der Waals surface area contributed by atoms with E-state index in [9.17, 15) is 0 Å². The predicted octanol–water partition coefficient (Wildman–Crippen LogP) is 5.49. The maximum atomic E-state index is 4.80. The zero-order valence-electron chi connectivity index (χ0n) is 16.2. The van der Waals surface area contributed by atoms with E-state index in [1.807, 2.05) is 24.4 Å². The molecule has 4 rings (SSSR count). The van der Waals surface area contributed by atoms with Gasteiger partial charge in [0, 0.05) is 23.4 Å². The van der Waals surface area contributed by atoms with E-state index in [2.05, 4.69) is 73.8 Å². The summed E-state index contributed by atoms with van der Waals surface area (Å²) in [6, 6.07) is 21.2. The van der Waals surface area contributed by atoms with Crippen LogP contribution in [-0.4, -0.2) is 14.6 Å². The van der Waals surface area contributed by atoms with Gasteiger partial charge < -0.3 is 5.32 Å². The minimum absolute atomic E-state index is 0.170. The van der Waals surface area contributed by atoms with E-state index in [0.29, 0.717) is 0 Å². The van der Waals surface area contributed by atoms with E-state index >= 15 is 0 Å². The Morgan fingerprint density at radius 3 is 2.33 bits per heavy atom. The molecule has 2 aromatic heterocycles. The second-order valence-electron chi connectivity index (χ2n) is 7.12. The van der Waals surface area contributed by atoms with E-state index in [4.69, 9.17) is 10.1 Å². The van der Waals surface area contributed by atoms with Crippen LogP contribution in [-0.2, 0) is 0 Å². The van der Waals surface area contributed by atoms with Gasteiger partial charge in [0.25, 0.3) is 0 Å². The summed E-state index contributed by atoms with van der Waals surface area (Å²) in [4.78, 5) is 4.80. The van der Waals surface area contributed by atoms with Gasteiger partial charge >= 0.3 is 0 Å². The number of fused-ring (bicyclic) bond motifs is 1. The number of hydrogen-bond acceptors (Lipinski definition) is 3. The molecule has 136 valence electrons. The topological polar surface area (TPSA) is 42.2 Å². The van der Waals surface area contributed by atoms with Gasteiger partial charge in [0.15, 0.2) is 5.65 Å². The molecule has 1 atom stereocenters. The van der Waals surface area contributed by atoms with Crippen LogP contribution in [0.4, 0.5) is 5.82 Å². The fourth-order valence-corrected chi connectivity index (χ4v) is 3.45. The molecular formula is C23H24N4. The van der Waals surface area contributed by atoms with Crippen molar-refractivity contribution in [3.05, 3.63) is 83.2 Å². The van der Waals surface area contributed by atoms with Crippen LogP contribution in [0, 0.1) is 20.8 Å². The number of anilines is 1. The first kappa shape index (κ1) is 17.3. The van der Waals surface area contributed by atoms with Gasteiger partial charge in [-0.25, -0.2) is 4.98 Å². The van der Waals surface area contributed by atoms with Crippen LogP contribution in [0.25, 0.3) is 16.8 Å². The molecule has 0 fully saturated rings. The van der Waals surface area contributed by atoms with Crippen LogP contribution in [0.3, 0.4) is 0 Å². The molecule has 27 heavy (non-hydrogen) atoms. The summed E-state index contributed by atoms with van der Waals surface area (Å²) in [6.07, 6.45) is 0. The molecule has 0 radical (unpaired) electrons.